The lowest BCUT2D eigenvalue weighted by Crippen LogP contribution is -2.50. The molecule has 0 spiro atoms. The van der Waals surface area contributed by atoms with Crippen molar-refractivity contribution in [3.8, 4) is 0 Å². The van der Waals surface area contributed by atoms with Crippen LogP contribution in [0.25, 0.3) is 0 Å². The first kappa shape index (κ1) is 19.7. The van der Waals surface area contributed by atoms with Crippen LogP contribution < -0.4 is 4.90 Å². The minimum atomic E-state index is 0.459. The fraction of sp³-hybridized carbons (Fsp3) is 0.522. The van der Waals surface area contributed by atoms with E-state index in [0.717, 1.165) is 42.9 Å². The zero-order valence-electron chi connectivity index (χ0n) is 16.8. The first-order valence-electron chi connectivity index (χ1n) is 10.6. The van der Waals surface area contributed by atoms with Crippen molar-refractivity contribution in [1.82, 2.24) is 14.8 Å². The molecule has 2 atom stereocenters. The summed E-state index contributed by atoms with van der Waals surface area (Å²) in [5, 5.41) is 0.817. The number of anilines is 1. The average Bonchev–Trinajstić information content (AvgIpc) is 2.75. The third-order valence-corrected chi connectivity index (χ3v) is 6.56. The number of benzene rings is 1. The lowest BCUT2D eigenvalue weighted by atomic mass is 9.94. The van der Waals surface area contributed by atoms with Crippen LogP contribution in [0.3, 0.4) is 0 Å². The predicted molar refractivity (Wildman–Crippen MR) is 117 cm³/mol. The highest BCUT2D eigenvalue weighted by molar-refractivity contribution is 6.30. The van der Waals surface area contributed by atoms with Crippen molar-refractivity contribution in [2.75, 3.05) is 50.7 Å². The number of halogens is 1. The molecule has 0 radical (unpaired) electrons. The molecule has 0 amide bonds. The first-order chi connectivity index (χ1) is 13.7. The molecule has 1 aromatic carbocycles. The topological polar surface area (TPSA) is 22.6 Å². The van der Waals surface area contributed by atoms with Crippen LogP contribution in [0.5, 0.6) is 0 Å². The van der Waals surface area contributed by atoms with Crippen molar-refractivity contribution in [3.63, 3.8) is 0 Å². The van der Waals surface area contributed by atoms with Crippen molar-refractivity contribution < 1.29 is 0 Å². The minimum absolute atomic E-state index is 0.459. The van der Waals surface area contributed by atoms with E-state index in [2.05, 4.69) is 50.9 Å². The Morgan fingerprint density at radius 1 is 1.04 bits per heavy atom. The van der Waals surface area contributed by atoms with Crippen LogP contribution >= 0.6 is 11.6 Å². The molecule has 2 aliphatic rings. The van der Waals surface area contributed by atoms with Gasteiger partial charge in [-0.2, -0.15) is 0 Å². The Balaban J connectivity index is 1.28. The van der Waals surface area contributed by atoms with Crippen LogP contribution in [0.15, 0.2) is 48.7 Å². The van der Waals surface area contributed by atoms with Crippen molar-refractivity contribution in [2.24, 2.45) is 5.92 Å². The molecular formula is C23H31ClN4. The standard InChI is InChI=1S/C23H31ClN4/c1-19(21-7-9-22(24)10-8-21)28-12-4-5-20(18-28)17-26-13-15-27(16-14-26)23-6-2-3-11-25-23/h2-3,6-11,19-20H,4-5,12-18H2,1H3. The van der Waals surface area contributed by atoms with Gasteiger partial charge in [0.2, 0.25) is 0 Å². The van der Waals surface area contributed by atoms with Gasteiger partial charge in [0.05, 0.1) is 0 Å². The molecule has 2 unspecified atom stereocenters. The zero-order chi connectivity index (χ0) is 19.3. The summed E-state index contributed by atoms with van der Waals surface area (Å²) in [5.74, 6) is 1.88. The van der Waals surface area contributed by atoms with Gasteiger partial charge in [0.25, 0.3) is 0 Å². The summed E-state index contributed by atoms with van der Waals surface area (Å²) in [5.41, 5.74) is 1.37. The number of aromatic nitrogens is 1. The van der Waals surface area contributed by atoms with Crippen molar-refractivity contribution in [1.29, 1.82) is 0 Å². The number of piperidine rings is 1. The molecule has 2 aliphatic heterocycles. The molecule has 150 valence electrons. The molecule has 0 N–H and O–H groups in total. The van der Waals surface area contributed by atoms with E-state index in [1.807, 2.05) is 24.4 Å². The molecule has 4 nitrogen and oxygen atoms in total. The lowest BCUT2D eigenvalue weighted by molar-refractivity contribution is 0.102. The van der Waals surface area contributed by atoms with E-state index < -0.39 is 0 Å². The first-order valence-corrected chi connectivity index (χ1v) is 10.9. The van der Waals surface area contributed by atoms with Crippen molar-refractivity contribution in [2.45, 2.75) is 25.8 Å². The SMILES string of the molecule is CC(c1ccc(Cl)cc1)N1CCCC(CN2CCN(c3ccccn3)CC2)C1. The summed E-state index contributed by atoms with van der Waals surface area (Å²) >= 11 is 6.06. The van der Waals surface area contributed by atoms with Gasteiger partial charge >= 0.3 is 0 Å². The van der Waals surface area contributed by atoms with Gasteiger partial charge in [-0.1, -0.05) is 29.8 Å². The maximum absolute atomic E-state index is 6.06. The highest BCUT2D eigenvalue weighted by Crippen LogP contribution is 2.28. The number of piperazine rings is 1. The second-order valence-corrected chi connectivity index (χ2v) is 8.64. The zero-order valence-corrected chi connectivity index (χ0v) is 17.6. The molecule has 4 rings (SSSR count). The third kappa shape index (κ3) is 4.86. The summed E-state index contributed by atoms with van der Waals surface area (Å²) in [7, 11) is 0. The molecule has 2 saturated heterocycles. The molecule has 0 saturated carbocycles. The number of hydrogen-bond acceptors (Lipinski definition) is 4. The van der Waals surface area contributed by atoms with Gasteiger partial charge in [-0.3, -0.25) is 9.80 Å². The molecule has 28 heavy (non-hydrogen) atoms. The van der Waals surface area contributed by atoms with E-state index in [-0.39, 0.29) is 0 Å². The molecule has 0 aliphatic carbocycles. The Kier molecular flexibility index (Phi) is 6.50. The smallest absolute Gasteiger partial charge is 0.128 e. The van der Waals surface area contributed by atoms with E-state index in [0.29, 0.717) is 6.04 Å². The van der Waals surface area contributed by atoms with Crippen LogP contribution in [-0.4, -0.2) is 60.6 Å². The summed E-state index contributed by atoms with van der Waals surface area (Å²) in [6.45, 7) is 10.4. The highest BCUT2D eigenvalue weighted by Gasteiger charge is 2.27. The molecule has 2 fully saturated rings. The lowest BCUT2D eigenvalue weighted by Gasteiger charge is -2.41. The van der Waals surface area contributed by atoms with E-state index in [9.17, 15) is 0 Å². The summed E-state index contributed by atoms with van der Waals surface area (Å²) in [6, 6.07) is 15.0. The Bertz CT molecular complexity index is 728. The number of likely N-dealkylation sites (tertiary alicyclic amines) is 1. The third-order valence-electron chi connectivity index (χ3n) is 6.31. The predicted octanol–water partition coefficient (Wildman–Crippen LogP) is 4.33. The number of nitrogens with zero attached hydrogens (tertiary/aromatic N) is 4. The van der Waals surface area contributed by atoms with Gasteiger partial charge in [-0.05, 0) is 62.1 Å². The fourth-order valence-electron chi connectivity index (χ4n) is 4.62. The van der Waals surface area contributed by atoms with Gasteiger partial charge in [0.15, 0.2) is 0 Å². The second kappa shape index (κ2) is 9.25. The Hall–Kier alpha value is -1.62. The fourth-order valence-corrected chi connectivity index (χ4v) is 4.74. The quantitative estimate of drug-likeness (QED) is 0.747. The number of rotatable bonds is 5. The van der Waals surface area contributed by atoms with E-state index in [4.69, 9.17) is 11.6 Å². The van der Waals surface area contributed by atoms with Gasteiger partial charge in [-0.15, -0.1) is 0 Å². The molecule has 1 aromatic heterocycles. The van der Waals surface area contributed by atoms with Crippen molar-refractivity contribution >= 4 is 17.4 Å². The maximum atomic E-state index is 6.06. The van der Waals surface area contributed by atoms with E-state index >= 15 is 0 Å². The van der Waals surface area contributed by atoms with E-state index in [1.54, 1.807) is 0 Å². The monoisotopic (exact) mass is 398 g/mol. The Morgan fingerprint density at radius 3 is 2.54 bits per heavy atom. The Morgan fingerprint density at radius 2 is 1.82 bits per heavy atom. The summed E-state index contributed by atoms with van der Waals surface area (Å²) in [6.07, 6.45) is 4.54. The Labute approximate surface area is 174 Å². The molecule has 3 heterocycles. The van der Waals surface area contributed by atoms with Gasteiger partial charge in [-0.25, -0.2) is 4.98 Å². The summed E-state index contributed by atoms with van der Waals surface area (Å²) < 4.78 is 0. The van der Waals surface area contributed by atoms with E-state index in [1.165, 1.54) is 38.0 Å². The van der Waals surface area contributed by atoms with Crippen LogP contribution in [0.4, 0.5) is 5.82 Å². The molecular weight excluding hydrogens is 368 g/mol. The van der Waals surface area contributed by atoms with Gasteiger partial charge in [0, 0.05) is 56.5 Å². The average molecular weight is 399 g/mol. The van der Waals surface area contributed by atoms with Crippen LogP contribution in [0.1, 0.15) is 31.4 Å². The summed E-state index contributed by atoms with van der Waals surface area (Å²) in [4.78, 5) is 12.2. The second-order valence-electron chi connectivity index (χ2n) is 8.21. The normalized spacial score (nSPS) is 22.9. The highest BCUT2D eigenvalue weighted by atomic mass is 35.5. The van der Waals surface area contributed by atoms with Crippen molar-refractivity contribution in [3.05, 3.63) is 59.2 Å². The van der Waals surface area contributed by atoms with Crippen LogP contribution in [0, 0.1) is 5.92 Å². The molecule has 0 bridgehead atoms. The largest absolute Gasteiger partial charge is 0.354 e. The van der Waals surface area contributed by atoms with Gasteiger partial charge < -0.3 is 4.90 Å². The van der Waals surface area contributed by atoms with Crippen LogP contribution in [0.2, 0.25) is 5.02 Å². The molecule has 2 aromatic rings. The molecule has 5 heteroatoms. The van der Waals surface area contributed by atoms with Gasteiger partial charge in [0.1, 0.15) is 5.82 Å². The maximum Gasteiger partial charge on any atom is 0.128 e. The number of pyridine rings is 1. The minimum Gasteiger partial charge on any atom is -0.354 e. The number of hydrogen-bond donors (Lipinski definition) is 0. The van der Waals surface area contributed by atoms with Crippen LogP contribution in [-0.2, 0) is 0 Å².